The number of carbonyl (C=O) groups excluding carboxylic acids is 4. The number of hydrogen-bond acceptors (Lipinski definition) is 12. The second-order valence-electron chi connectivity index (χ2n) is 11.1. The Labute approximate surface area is 283 Å². The molecule has 0 radical (unpaired) electrons. The van der Waals surface area contributed by atoms with Crippen LogP contribution in [0.15, 0.2) is 66.9 Å². The number of benzene rings is 2. The molecular formula is C32H40N4O10S2. The molecule has 2 aromatic carbocycles. The third-order valence-electron chi connectivity index (χ3n) is 6.92. The van der Waals surface area contributed by atoms with Gasteiger partial charge in [-0.1, -0.05) is 60.7 Å². The zero-order chi connectivity index (χ0) is 35.3. The van der Waals surface area contributed by atoms with E-state index < -0.39 is 69.7 Å². The van der Waals surface area contributed by atoms with E-state index in [9.17, 15) is 32.7 Å². The minimum absolute atomic E-state index is 0.0808. The van der Waals surface area contributed by atoms with Crippen molar-refractivity contribution >= 4 is 45.0 Å². The number of aliphatic hydroxyl groups is 1. The lowest BCUT2D eigenvalue weighted by Gasteiger charge is -2.29. The number of hydrogen-bond donors (Lipinski definition) is 4. The second-order valence-corrected chi connectivity index (χ2v) is 14.0. The van der Waals surface area contributed by atoms with Crippen molar-refractivity contribution in [1.82, 2.24) is 20.9 Å². The third kappa shape index (κ3) is 11.9. The molecule has 0 saturated carbocycles. The summed E-state index contributed by atoms with van der Waals surface area (Å²) in [6, 6.07) is 12.9. The highest BCUT2D eigenvalue weighted by atomic mass is 32.2. The molecule has 1 aromatic heterocycles. The first-order valence-electron chi connectivity index (χ1n) is 14.8. The lowest BCUT2D eigenvalue weighted by molar-refractivity contribution is -0.143. The monoisotopic (exact) mass is 704 g/mol. The molecule has 4 atom stereocenters. The zero-order valence-corrected chi connectivity index (χ0v) is 28.6. The number of ether oxygens (including phenoxy) is 2. The first-order chi connectivity index (χ1) is 22.7. The number of aryl methyl sites for hydroxylation is 1. The Hall–Kier alpha value is -4.06. The summed E-state index contributed by atoms with van der Waals surface area (Å²) in [6.45, 7) is 1.38. The van der Waals surface area contributed by atoms with Crippen LogP contribution in [0.4, 0.5) is 0 Å². The number of amides is 3. The maximum Gasteiger partial charge on any atom is 0.271 e. The van der Waals surface area contributed by atoms with Gasteiger partial charge in [-0.15, -0.1) is 11.3 Å². The molecule has 0 saturated heterocycles. The maximum absolute atomic E-state index is 13.7. The average molecular weight is 705 g/mol. The van der Waals surface area contributed by atoms with E-state index >= 15 is 0 Å². The van der Waals surface area contributed by atoms with Gasteiger partial charge in [0.15, 0.2) is 5.78 Å². The Morgan fingerprint density at radius 3 is 1.90 bits per heavy atom. The van der Waals surface area contributed by atoms with Crippen LogP contribution in [0.5, 0.6) is 0 Å². The van der Waals surface area contributed by atoms with E-state index in [0.717, 1.165) is 18.3 Å². The Bertz CT molecular complexity index is 1630. The van der Waals surface area contributed by atoms with Crippen LogP contribution in [0.3, 0.4) is 0 Å². The van der Waals surface area contributed by atoms with Gasteiger partial charge in [0.05, 0.1) is 30.5 Å². The minimum Gasteiger partial charge on any atom is -0.382 e. The van der Waals surface area contributed by atoms with Gasteiger partial charge < -0.3 is 30.5 Å². The number of Topliss-reactive ketones (excluding diaryl/α,β-unsaturated/α-hetero) is 1. The fourth-order valence-electron chi connectivity index (χ4n) is 4.47. The number of rotatable bonds is 19. The van der Waals surface area contributed by atoms with Crippen LogP contribution >= 0.6 is 11.3 Å². The van der Waals surface area contributed by atoms with E-state index in [4.69, 9.17) is 13.7 Å². The van der Waals surface area contributed by atoms with E-state index in [2.05, 4.69) is 20.9 Å². The highest BCUT2D eigenvalue weighted by molar-refractivity contribution is 7.85. The first-order valence-corrected chi connectivity index (χ1v) is 17.2. The second kappa shape index (κ2) is 17.9. The van der Waals surface area contributed by atoms with Crippen molar-refractivity contribution < 1.29 is 46.4 Å². The van der Waals surface area contributed by atoms with Gasteiger partial charge in [-0.3, -0.25) is 23.4 Å². The van der Waals surface area contributed by atoms with Crippen molar-refractivity contribution in [2.75, 3.05) is 34.0 Å². The fraction of sp³-hybridized carbons (Fsp3) is 0.406. The minimum atomic E-state index is -4.19. The summed E-state index contributed by atoms with van der Waals surface area (Å²) >= 11 is 1.14. The van der Waals surface area contributed by atoms with E-state index in [1.165, 1.54) is 20.4 Å². The van der Waals surface area contributed by atoms with E-state index in [0.29, 0.717) is 16.1 Å². The summed E-state index contributed by atoms with van der Waals surface area (Å²) in [4.78, 5) is 57.5. The average Bonchev–Trinajstić information content (AvgIpc) is 3.50. The first kappa shape index (κ1) is 38.4. The molecule has 4 N–H and O–H groups in total. The zero-order valence-electron chi connectivity index (χ0n) is 27.0. The molecule has 16 heteroatoms. The number of methoxy groups -OCH3 is 2. The predicted octanol–water partition coefficient (Wildman–Crippen LogP) is 0.922. The molecule has 0 aliphatic carbocycles. The topological polar surface area (TPSA) is 199 Å². The highest BCUT2D eigenvalue weighted by Gasteiger charge is 2.39. The van der Waals surface area contributed by atoms with Crippen molar-refractivity contribution in [3.8, 4) is 0 Å². The van der Waals surface area contributed by atoms with Crippen molar-refractivity contribution in [3.05, 3.63) is 87.9 Å². The summed E-state index contributed by atoms with van der Waals surface area (Å²) in [5.74, 6) is -3.57. The molecule has 0 aliphatic heterocycles. The van der Waals surface area contributed by atoms with Crippen LogP contribution in [-0.2, 0) is 50.3 Å². The molecule has 48 heavy (non-hydrogen) atoms. The molecule has 0 bridgehead atoms. The Morgan fingerprint density at radius 1 is 0.854 bits per heavy atom. The van der Waals surface area contributed by atoms with Gasteiger partial charge in [0.1, 0.15) is 34.9 Å². The Balaban J connectivity index is 1.76. The van der Waals surface area contributed by atoms with Crippen LogP contribution in [0.1, 0.15) is 32.7 Å². The number of carbonyl (C=O) groups is 4. The largest absolute Gasteiger partial charge is 0.382 e. The van der Waals surface area contributed by atoms with Gasteiger partial charge in [0.2, 0.25) is 11.8 Å². The molecular weight excluding hydrogens is 665 g/mol. The smallest absolute Gasteiger partial charge is 0.271 e. The van der Waals surface area contributed by atoms with Crippen molar-refractivity contribution in [1.29, 1.82) is 0 Å². The summed E-state index contributed by atoms with van der Waals surface area (Å²) in [6.07, 6.45) is 1.30. The molecule has 3 rings (SSSR count). The summed E-state index contributed by atoms with van der Waals surface area (Å²) < 4.78 is 40.5. The lowest BCUT2D eigenvalue weighted by Crippen LogP contribution is -2.60. The Morgan fingerprint density at radius 2 is 1.38 bits per heavy atom. The number of ketones is 1. The standard InChI is InChI=1S/C32H40N4O10S2/c1-21-33-16-27(47-21)31(40)36-26(18-45-4)30(39)35-25(17-44-3)29(38)34-24(15-22-11-7-5-8-12-22)28(37)32(2,41)20-46-48(42,43)19-23-13-9-6-10-14-23/h5-14,16,24-26,41H,15,17-20H2,1-4H3,(H,34,38)(H,35,39)(H,36,40). The van der Waals surface area contributed by atoms with Crippen LogP contribution in [0, 0.1) is 6.92 Å². The number of nitrogens with zero attached hydrogens (tertiary/aromatic N) is 1. The number of thiazole rings is 1. The fourth-order valence-corrected chi connectivity index (χ4v) is 6.24. The van der Waals surface area contributed by atoms with Gasteiger partial charge in [-0.25, -0.2) is 4.98 Å². The maximum atomic E-state index is 13.7. The van der Waals surface area contributed by atoms with Gasteiger partial charge in [0.25, 0.3) is 16.0 Å². The van der Waals surface area contributed by atoms with E-state index in [-0.39, 0.29) is 24.5 Å². The molecule has 0 fully saturated rings. The summed E-state index contributed by atoms with van der Waals surface area (Å²) in [5.41, 5.74) is -1.27. The molecule has 0 spiro atoms. The van der Waals surface area contributed by atoms with Crippen LogP contribution in [-0.4, -0.2) is 99.8 Å². The van der Waals surface area contributed by atoms with Gasteiger partial charge in [-0.2, -0.15) is 8.42 Å². The van der Waals surface area contributed by atoms with Crippen LogP contribution in [0.25, 0.3) is 0 Å². The molecule has 3 aromatic rings. The van der Waals surface area contributed by atoms with Gasteiger partial charge >= 0.3 is 0 Å². The Kier molecular flexibility index (Phi) is 14.3. The molecule has 0 aliphatic rings. The molecule has 1 heterocycles. The van der Waals surface area contributed by atoms with Crippen molar-refractivity contribution in [3.63, 3.8) is 0 Å². The van der Waals surface area contributed by atoms with E-state index in [1.54, 1.807) is 67.6 Å². The van der Waals surface area contributed by atoms with Crippen molar-refractivity contribution in [2.24, 2.45) is 0 Å². The molecule has 3 amide bonds. The SMILES string of the molecule is COCC(NC(=O)c1cnc(C)s1)C(=O)NC(COC)C(=O)NC(Cc1ccccc1)C(=O)C(C)(O)COS(=O)(=O)Cc1ccccc1. The number of aromatic nitrogens is 1. The molecule has 14 nitrogen and oxygen atoms in total. The number of nitrogens with one attached hydrogen (secondary N) is 3. The highest BCUT2D eigenvalue weighted by Crippen LogP contribution is 2.17. The summed E-state index contributed by atoms with van der Waals surface area (Å²) in [5, 5.41) is 19.4. The van der Waals surface area contributed by atoms with Crippen LogP contribution in [0.2, 0.25) is 0 Å². The van der Waals surface area contributed by atoms with Gasteiger partial charge in [0, 0.05) is 14.2 Å². The molecule has 260 valence electrons. The summed E-state index contributed by atoms with van der Waals surface area (Å²) in [7, 11) is -1.55. The quantitative estimate of drug-likeness (QED) is 0.129. The van der Waals surface area contributed by atoms with Crippen molar-refractivity contribution in [2.45, 2.75) is 49.7 Å². The molecule has 4 unspecified atom stereocenters. The lowest BCUT2D eigenvalue weighted by atomic mass is 9.91. The predicted molar refractivity (Wildman–Crippen MR) is 177 cm³/mol. The van der Waals surface area contributed by atoms with Gasteiger partial charge in [-0.05, 0) is 31.4 Å². The normalized spacial score (nSPS) is 14.6. The third-order valence-corrected chi connectivity index (χ3v) is 8.99. The van der Waals surface area contributed by atoms with E-state index in [1.807, 2.05) is 0 Å². The van der Waals surface area contributed by atoms with Crippen LogP contribution < -0.4 is 16.0 Å².